The zero-order valence-electron chi connectivity index (χ0n) is 16.3. The minimum atomic E-state index is -4.16. The summed E-state index contributed by atoms with van der Waals surface area (Å²) in [4.78, 5) is -0.165. The summed E-state index contributed by atoms with van der Waals surface area (Å²) in [6.45, 7) is 1.29. The van der Waals surface area contributed by atoms with Gasteiger partial charge in [0.2, 0.25) is 15.8 Å². The minimum Gasteiger partial charge on any atom is -0.317 e. The van der Waals surface area contributed by atoms with Crippen LogP contribution < -0.4 is 10.5 Å². The summed E-state index contributed by atoms with van der Waals surface area (Å²) in [6.07, 6.45) is 2.09. The summed E-state index contributed by atoms with van der Waals surface area (Å²) in [5.41, 5.74) is 3.16. The number of nitrogens with zero attached hydrogens (tertiary/aromatic N) is 3. The number of benzene rings is 2. The molecule has 1 aromatic heterocycles. The zero-order chi connectivity index (χ0) is 21.1. The summed E-state index contributed by atoms with van der Waals surface area (Å²) in [5, 5.41) is 22.7. The van der Waals surface area contributed by atoms with Gasteiger partial charge in [0.25, 0.3) is 0 Å². The van der Waals surface area contributed by atoms with Crippen molar-refractivity contribution in [2.24, 2.45) is 5.14 Å². The van der Waals surface area contributed by atoms with E-state index < -0.39 is 16.7 Å². The molecule has 10 heteroatoms. The molecule has 0 aliphatic carbocycles. The van der Waals surface area contributed by atoms with E-state index in [1.807, 2.05) is 12.1 Å². The Morgan fingerprint density at radius 2 is 1.83 bits per heavy atom. The number of aromatic nitrogens is 4. The van der Waals surface area contributed by atoms with Crippen LogP contribution in [0, 0.1) is 0 Å². The number of rotatable bonds is 6. The molecule has 0 unspecified atom stereocenters. The number of H-pyrrole nitrogens is 1. The van der Waals surface area contributed by atoms with Crippen LogP contribution in [0.5, 0.6) is 0 Å². The fourth-order valence-corrected chi connectivity index (χ4v) is 5.09. The van der Waals surface area contributed by atoms with Crippen molar-refractivity contribution in [1.29, 1.82) is 0 Å². The van der Waals surface area contributed by atoms with Gasteiger partial charge in [-0.25, -0.2) is 13.6 Å². The maximum absolute atomic E-state index is 13.1. The quantitative estimate of drug-likeness (QED) is 0.550. The highest BCUT2D eigenvalue weighted by Crippen LogP contribution is 2.38. The van der Waals surface area contributed by atoms with E-state index in [0.717, 1.165) is 31.5 Å². The molecular weight excluding hydrogens is 407 g/mol. The smallest absolute Gasteiger partial charge is 0.239 e. The molecular formula is C20H23FN6O2S. The van der Waals surface area contributed by atoms with E-state index in [4.69, 9.17) is 5.14 Å². The van der Waals surface area contributed by atoms with Crippen LogP contribution >= 0.6 is 0 Å². The second-order valence-electron chi connectivity index (χ2n) is 7.34. The number of alkyl halides is 1. The first kappa shape index (κ1) is 20.6. The predicted octanol–water partition coefficient (Wildman–Crippen LogP) is 2.16. The van der Waals surface area contributed by atoms with Crippen LogP contribution in [-0.4, -0.2) is 48.8 Å². The first-order chi connectivity index (χ1) is 14.5. The Bertz CT molecular complexity index is 1110. The zero-order valence-corrected chi connectivity index (χ0v) is 17.1. The van der Waals surface area contributed by atoms with Gasteiger partial charge in [-0.3, -0.25) is 4.39 Å². The second-order valence-corrected chi connectivity index (χ2v) is 8.84. The van der Waals surface area contributed by atoms with Crippen LogP contribution in [0.2, 0.25) is 0 Å². The molecule has 4 N–H and O–H groups in total. The van der Waals surface area contributed by atoms with E-state index in [1.165, 1.54) is 5.56 Å². The Balaban J connectivity index is 1.85. The van der Waals surface area contributed by atoms with E-state index in [9.17, 15) is 12.8 Å². The van der Waals surface area contributed by atoms with Crippen molar-refractivity contribution >= 4 is 10.0 Å². The number of nitrogens with two attached hydrogens (primary N) is 1. The summed E-state index contributed by atoms with van der Waals surface area (Å²) in [5.74, 6) is 0.598. The maximum atomic E-state index is 13.1. The third kappa shape index (κ3) is 4.11. The van der Waals surface area contributed by atoms with Gasteiger partial charge in [-0.1, -0.05) is 36.4 Å². The van der Waals surface area contributed by atoms with Crippen molar-refractivity contribution in [3.63, 3.8) is 0 Å². The number of piperidine rings is 1. The van der Waals surface area contributed by atoms with Gasteiger partial charge in [0, 0.05) is 6.42 Å². The van der Waals surface area contributed by atoms with Crippen molar-refractivity contribution in [2.45, 2.75) is 30.1 Å². The van der Waals surface area contributed by atoms with Crippen LogP contribution in [0.4, 0.5) is 4.39 Å². The highest BCUT2D eigenvalue weighted by Gasteiger charge is 2.26. The van der Waals surface area contributed by atoms with E-state index in [2.05, 4.69) is 38.1 Å². The standard InChI is InChI=1S/C20H23FN6O2S/c21-10-7-16-5-6-17(18(19(16)30(22,28)29)20-24-26-27-25-20)15-3-1-13(2-4-15)14-8-11-23-12-9-14/h1-6,14,23H,7-12H2,(H2,22,28,29)(H,24,25,26,27). The van der Waals surface area contributed by atoms with Crippen molar-refractivity contribution in [3.8, 4) is 22.5 Å². The Labute approximate surface area is 174 Å². The highest BCUT2D eigenvalue weighted by atomic mass is 32.2. The number of aromatic amines is 1. The number of tetrazole rings is 1. The third-order valence-electron chi connectivity index (χ3n) is 5.49. The minimum absolute atomic E-state index is 0.0778. The van der Waals surface area contributed by atoms with E-state index >= 15 is 0 Å². The lowest BCUT2D eigenvalue weighted by atomic mass is 9.88. The van der Waals surface area contributed by atoms with E-state index in [1.54, 1.807) is 12.1 Å². The topological polar surface area (TPSA) is 127 Å². The highest BCUT2D eigenvalue weighted by molar-refractivity contribution is 7.89. The lowest BCUT2D eigenvalue weighted by Gasteiger charge is -2.23. The van der Waals surface area contributed by atoms with Crippen LogP contribution in [0.25, 0.3) is 22.5 Å². The molecule has 30 heavy (non-hydrogen) atoms. The molecule has 1 saturated heterocycles. The fraction of sp³-hybridized carbons (Fsp3) is 0.350. The number of hydrogen-bond acceptors (Lipinski definition) is 6. The molecule has 3 aromatic rings. The molecule has 1 aliphatic rings. The molecule has 1 fully saturated rings. The SMILES string of the molecule is NS(=O)(=O)c1c(CCF)ccc(-c2ccc(C3CCNCC3)cc2)c1-c1nn[nH]n1. The van der Waals surface area contributed by atoms with Crippen molar-refractivity contribution in [3.05, 3.63) is 47.5 Å². The summed E-state index contributed by atoms with van der Waals surface area (Å²) in [6, 6.07) is 11.4. The van der Waals surface area contributed by atoms with Crippen LogP contribution in [0.1, 0.15) is 29.9 Å². The summed E-state index contributed by atoms with van der Waals surface area (Å²) >= 11 is 0. The van der Waals surface area contributed by atoms with Gasteiger partial charge in [-0.2, -0.15) is 5.21 Å². The third-order valence-corrected chi connectivity index (χ3v) is 6.52. The molecule has 8 nitrogen and oxygen atoms in total. The summed E-state index contributed by atoms with van der Waals surface area (Å²) in [7, 11) is -4.16. The van der Waals surface area contributed by atoms with Crippen LogP contribution in [-0.2, 0) is 16.4 Å². The van der Waals surface area contributed by atoms with E-state index in [-0.39, 0.29) is 28.3 Å². The average Bonchev–Trinajstić information content (AvgIpc) is 3.28. The molecule has 2 heterocycles. The molecule has 0 saturated carbocycles. The number of hydrogen-bond donors (Lipinski definition) is 3. The lowest BCUT2D eigenvalue weighted by molar-refractivity contribution is 0.460. The average molecular weight is 431 g/mol. The molecule has 4 rings (SSSR count). The monoisotopic (exact) mass is 430 g/mol. The lowest BCUT2D eigenvalue weighted by Crippen LogP contribution is -2.26. The van der Waals surface area contributed by atoms with Gasteiger partial charge in [0.15, 0.2) is 0 Å². The molecule has 0 atom stereocenters. The number of aryl methyl sites for hydroxylation is 1. The van der Waals surface area contributed by atoms with Crippen molar-refractivity contribution < 1.29 is 12.8 Å². The molecule has 0 bridgehead atoms. The number of primary sulfonamides is 1. The molecule has 1 aliphatic heterocycles. The van der Waals surface area contributed by atoms with Gasteiger partial charge in [0.1, 0.15) is 0 Å². The van der Waals surface area contributed by atoms with Gasteiger partial charge < -0.3 is 5.32 Å². The van der Waals surface area contributed by atoms with Gasteiger partial charge in [-0.05, 0) is 59.3 Å². The maximum Gasteiger partial charge on any atom is 0.239 e. The molecule has 2 aromatic carbocycles. The van der Waals surface area contributed by atoms with Crippen molar-refractivity contribution in [2.75, 3.05) is 19.8 Å². The fourth-order valence-electron chi connectivity index (χ4n) is 4.07. The molecule has 0 radical (unpaired) electrons. The first-order valence-corrected chi connectivity index (χ1v) is 11.3. The van der Waals surface area contributed by atoms with Crippen LogP contribution in [0.15, 0.2) is 41.3 Å². The number of sulfonamides is 1. The number of halogens is 1. The molecule has 158 valence electrons. The van der Waals surface area contributed by atoms with Gasteiger partial charge >= 0.3 is 0 Å². The predicted molar refractivity (Wildman–Crippen MR) is 111 cm³/mol. The van der Waals surface area contributed by atoms with Gasteiger partial charge in [-0.15, -0.1) is 10.2 Å². The Hall–Kier alpha value is -2.69. The Morgan fingerprint density at radius 1 is 1.10 bits per heavy atom. The Kier molecular flexibility index (Phi) is 5.89. The van der Waals surface area contributed by atoms with Crippen molar-refractivity contribution in [1.82, 2.24) is 25.9 Å². The normalized spacial score (nSPS) is 15.4. The molecule has 0 amide bonds. The Morgan fingerprint density at radius 3 is 2.43 bits per heavy atom. The summed E-state index contributed by atoms with van der Waals surface area (Å²) < 4.78 is 38.0. The largest absolute Gasteiger partial charge is 0.317 e. The van der Waals surface area contributed by atoms with E-state index in [0.29, 0.717) is 11.5 Å². The number of nitrogens with one attached hydrogen (secondary N) is 2. The van der Waals surface area contributed by atoms with Crippen LogP contribution in [0.3, 0.4) is 0 Å². The molecule has 0 spiro atoms. The first-order valence-electron chi connectivity index (χ1n) is 9.78. The second kappa shape index (κ2) is 8.58. The van der Waals surface area contributed by atoms with Gasteiger partial charge in [0.05, 0.1) is 17.1 Å².